The van der Waals surface area contributed by atoms with Gasteiger partial charge < -0.3 is 4.57 Å². The number of ketones is 1. The fourth-order valence-electron chi connectivity index (χ4n) is 3.07. The number of benzene rings is 1. The van der Waals surface area contributed by atoms with Crippen LogP contribution in [0.5, 0.6) is 0 Å². The molecular weight excluding hydrogens is 306 g/mol. The summed E-state index contributed by atoms with van der Waals surface area (Å²) in [6.07, 6.45) is 5.80. The first-order valence-corrected chi connectivity index (χ1v) is 9.25. The highest BCUT2D eigenvalue weighted by Gasteiger charge is 2.22. The third-order valence-corrected chi connectivity index (χ3v) is 5.59. The molecule has 0 radical (unpaired) electrons. The van der Waals surface area contributed by atoms with Crippen LogP contribution in [0.25, 0.3) is 11.4 Å². The van der Waals surface area contributed by atoms with Gasteiger partial charge in [-0.15, -0.1) is 10.2 Å². The largest absolute Gasteiger partial charge is 0.305 e. The fraction of sp³-hybridized carbons (Fsp3) is 0.500. The average molecular weight is 329 g/mol. The lowest BCUT2D eigenvalue weighted by Crippen LogP contribution is -2.19. The van der Waals surface area contributed by atoms with E-state index in [1.165, 1.54) is 36.6 Å². The number of carbonyl (C=O) groups is 1. The molecule has 1 aromatic carbocycles. The average Bonchev–Trinajstić information content (AvgIpc) is 2.95. The summed E-state index contributed by atoms with van der Waals surface area (Å²) >= 11 is 1.51. The van der Waals surface area contributed by atoms with E-state index >= 15 is 0 Å². The zero-order chi connectivity index (χ0) is 16.2. The molecule has 1 heterocycles. The summed E-state index contributed by atoms with van der Waals surface area (Å²) in [6, 6.07) is 8.26. The van der Waals surface area contributed by atoms with Crippen LogP contribution < -0.4 is 0 Å². The van der Waals surface area contributed by atoms with Crippen LogP contribution in [0.1, 0.15) is 37.7 Å². The first-order chi connectivity index (χ1) is 11.1. The van der Waals surface area contributed by atoms with Crippen molar-refractivity contribution in [2.24, 2.45) is 13.0 Å². The van der Waals surface area contributed by atoms with Gasteiger partial charge in [0, 0.05) is 18.5 Å². The van der Waals surface area contributed by atoms with Crippen LogP contribution in [0.4, 0.5) is 0 Å². The van der Waals surface area contributed by atoms with Crippen molar-refractivity contribution in [2.75, 3.05) is 5.75 Å². The number of Topliss-reactive ketones (excluding diaryl/α,β-unsaturated/α-hetero) is 1. The lowest BCUT2D eigenvalue weighted by atomic mass is 9.87. The molecule has 0 atom stereocenters. The molecule has 1 fully saturated rings. The molecule has 5 heteroatoms. The number of aromatic nitrogens is 3. The Morgan fingerprint density at radius 1 is 1.17 bits per heavy atom. The molecular formula is C18H23N3OS. The maximum atomic E-state index is 12.3. The van der Waals surface area contributed by atoms with Crippen LogP contribution in [0.2, 0.25) is 0 Å². The van der Waals surface area contributed by atoms with Crippen molar-refractivity contribution < 1.29 is 4.79 Å². The summed E-state index contributed by atoms with van der Waals surface area (Å²) < 4.78 is 1.98. The molecule has 3 rings (SSSR count). The first kappa shape index (κ1) is 16.2. The minimum Gasteiger partial charge on any atom is -0.305 e. The van der Waals surface area contributed by atoms with Crippen molar-refractivity contribution in [3.63, 3.8) is 0 Å². The zero-order valence-electron chi connectivity index (χ0n) is 13.8. The summed E-state index contributed by atoms with van der Waals surface area (Å²) in [4.78, 5) is 12.3. The van der Waals surface area contributed by atoms with E-state index in [4.69, 9.17) is 0 Å². The molecule has 23 heavy (non-hydrogen) atoms. The number of thioether (sulfide) groups is 1. The molecule has 4 nitrogen and oxygen atoms in total. The maximum absolute atomic E-state index is 12.3. The number of rotatable bonds is 5. The van der Waals surface area contributed by atoms with Crippen LogP contribution in [-0.2, 0) is 11.8 Å². The third kappa shape index (κ3) is 3.83. The molecule has 122 valence electrons. The van der Waals surface area contributed by atoms with Gasteiger partial charge in [-0.3, -0.25) is 4.79 Å². The quantitative estimate of drug-likeness (QED) is 0.777. The highest BCUT2D eigenvalue weighted by atomic mass is 32.2. The van der Waals surface area contributed by atoms with E-state index in [1.54, 1.807) is 0 Å². The Hall–Kier alpha value is -1.62. The number of hydrogen-bond acceptors (Lipinski definition) is 4. The van der Waals surface area contributed by atoms with Crippen molar-refractivity contribution in [3.05, 3.63) is 29.8 Å². The van der Waals surface area contributed by atoms with Crippen molar-refractivity contribution >= 4 is 17.5 Å². The highest BCUT2D eigenvalue weighted by molar-refractivity contribution is 7.99. The van der Waals surface area contributed by atoms with Gasteiger partial charge in [-0.05, 0) is 19.8 Å². The van der Waals surface area contributed by atoms with E-state index in [0.717, 1.165) is 29.4 Å². The molecule has 1 aromatic heterocycles. The minimum absolute atomic E-state index is 0.265. The van der Waals surface area contributed by atoms with Crippen molar-refractivity contribution in [3.8, 4) is 11.4 Å². The molecule has 0 unspecified atom stereocenters. The Morgan fingerprint density at radius 2 is 1.87 bits per heavy atom. The maximum Gasteiger partial charge on any atom is 0.191 e. The Kier molecular flexibility index (Phi) is 5.16. The molecule has 0 N–H and O–H groups in total. The molecule has 0 amide bonds. The standard InChI is InChI=1S/C18H23N3OS/c1-13-8-10-15(11-9-13)17-19-20-18(21(17)2)23-12-16(22)14-6-4-3-5-7-14/h8-11,14H,3-7,12H2,1-2H3. The van der Waals surface area contributed by atoms with Crippen molar-refractivity contribution in [1.82, 2.24) is 14.8 Å². The predicted octanol–water partition coefficient (Wildman–Crippen LogP) is 4.03. The summed E-state index contributed by atoms with van der Waals surface area (Å²) in [5.74, 6) is 1.98. The van der Waals surface area contributed by atoms with Gasteiger partial charge in [0.15, 0.2) is 11.0 Å². The Bertz CT molecular complexity index is 672. The second-order valence-electron chi connectivity index (χ2n) is 6.32. The number of aryl methyl sites for hydroxylation is 1. The Morgan fingerprint density at radius 3 is 2.57 bits per heavy atom. The van der Waals surface area contributed by atoms with E-state index < -0.39 is 0 Å². The van der Waals surface area contributed by atoms with Crippen LogP contribution in [0.3, 0.4) is 0 Å². The van der Waals surface area contributed by atoms with E-state index in [1.807, 2.05) is 11.6 Å². The first-order valence-electron chi connectivity index (χ1n) is 8.27. The van der Waals surface area contributed by atoms with E-state index in [9.17, 15) is 4.79 Å². The fourth-order valence-corrected chi connectivity index (χ4v) is 3.96. The second kappa shape index (κ2) is 7.30. The monoisotopic (exact) mass is 329 g/mol. The third-order valence-electron chi connectivity index (χ3n) is 4.55. The van der Waals surface area contributed by atoms with Crippen LogP contribution >= 0.6 is 11.8 Å². The molecule has 1 aliphatic rings. The molecule has 0 aliphatic heterocycles. The Labute approximate surface area is 141 Å². The highest BCUT2D eigenvalue weighted by Crippen LogP contribution is 2.28. The van der Waals surface area contributed by atoms with Gasteiger partial charge in [0.05, 0.1) is 5.75 Å². The summed E-state index contributed by atoms with van der Waals surface area (Å²) in [7, 11) is 1.96. The van der Waals surface area contributed by atoms with Gasteiger partial charge >= 0.3 is 0 Å². The molecule has 1 saturated carbocycles. The van der Waals surface area contributed by atoms with Gasteiger partial charge in [0.25, 0.3) is 0 Å². The molecule has 0 bridgehead atoms. The van der Waals surface area contributed by atoms with E-state index in [0.29, 0.717) is 11.5 Å². The number of nitrogens with zero attached hydrogens (tertiary/aromatic N) is 3. The van der Waals surface area contributed by atoms with Gasteiger partial charge in [-0.25, -0.2) is 0 Å². The van der Waals surface area contributed by atoms with Gasteiger partial charge in [0.1, 0.15) is 5.78 Å². The smallest absolute Gasteiger partial charge is 0.191 e. The lowest BCUT2D eigenvalue weighted by molar-refractivity contribution is -0.121. The zero-order valence-corrected chi connectivity index (χ0v) is 14.6. The van der Waals surface area contributed by atoms with Crippen LogP contribution in [0.15, 0.2) is 29.4 Å². The molecule has 1 aliphatic carbocycles. The normalized spacial score (nSPS) is 15.7. The van der Waals surface area contributed by atoms with E-state index in [-0.39, 0.29) is 5.92 Å². The lowest BCUT2D eigenvalue weighted by Gasteiger charge is -2.19. The number of hydrogen-bond donors (Lipinski definition) is 0. The second-order valence-corrected chi connectivity index (χ2v) is 7.26. The topological polar surface area (TPSA) is 47.8 Å². The van der Waals surface area contributed by atoms with Crippen molar-refractivity contribution in [1.29, 1.82) is 0 Å². The van der Waals surface area contributed by atoms with Gasteiger partial charge in [-0.1, -0.05) is 60.9 Å². The summed E-state index contributed by atoms with van der Waals surface area (Å²) in [6.45, 7) is 2.07. The summed E-state index contributed by atoms with van der Waals surface area (Å²) in [5.41, 5.74) is 2.28. The Balaban J connectivity index is 1.65. The molecule has 2 aromatic rings. The van der Waals surface area contributed by atoms with Gasteiger partial charge in [0.2, 0.25) is 0 Å². The van der Waals surface area contributed by atoms with Gasteiger partial charge in [-0.2, -0.15) is 0 Å². The van der Waals surface area contributed by atoms with E-state index in [2.05, 4.69) is 41.4 Å². The predicted molar refractivity (Wildman–Crippen MR) is 93.5 cm³/mol. The van der Waals surface area contributed by atoms with Crippen LogP contribution in [-0.4, -0.2) is 26.3 Å². The minimum atomic E-state index is 0.265. The number of carbonyl (C=O) groups excluding carboxylic acids is 1. The molecule has 0 spiro atoms. The van der Waals surface area contributed by atoms with Crippen molar-refractivity contribution in [2.45, 2.75) is 44.2 Å². The SMILES string of the molecule is Cc1ccc(-c2nnc(SCC(=O)C3CCCCC3)n2C)cc1. The van der Waals surface area contributed by atoms with Crippen LogP contribution in [0, 0.1) is 12.8 Å². The molecule has 0 saturated heterocycles. The summed E-state index contributed by atoms with van der Waals surface area (Å²) in [5, 5.41) is 9.35.